The van der Waals surface area contributed by atoms with Crippen molar-refractivity contribution in [1.29, 1.82) is 0 Å². The lowest BCUT2D eigenvalue weighted by Gasteiger charge is -2.25. The van der Waals surface area contributed by atoms with Crippen LogP contribution in [0, 0.1) is 0 Å². The molecule has 7 heteroatoms. The van der Waals surface area contributed by atoms with Crippen molar-refractivity contribution < 1.29 is 19.0 Å². The fourth-order valence-electron chi connectivity index (χ4n) is 2.72. The fraction of sp³-hybridized carbons (Fsp3) is 0.200. The number of rotatable bonds is 6. The normalized spacial score (nSPS) is 15.2. The Morgan fingerprint density at radius 3 is 2.96 bits per heavy atom. The first-order valence-corrected chi connectivity index (χ1v) is 8.66. The maximum absolute atomic E-state index is 12.5. The number of amides is 1. The molecule has 1 N–H and O–H groups in total. The number of hydrogen-bond acceptors (Lipinski definition) is 5. The molecule has 1 aromatic heterocycles. The molecule has 1 aliphatic heterocycles. The Kier molecular flexibility index (Phi) is 4.91. The molecule has 0 saturated heterocycles. The highest BCUT2D eigenvalue weighted by Crippen LogP contribution is 2.31. The zero-order valence-electron chi connectivity index (χ0n) is 14.6. The summed E-state index contributed by atoms with van der Waals surface area (Å²) >= 11 is 0. The van der Waals surface area contributed by atoms with E-state index >= 15 is 0 Å². The zero-order valence-corrected chi connectivity index (χ0v) is 14.6. The Balaban J connectivity index is 1.33. The van der Waals surface area contributed by atoms with Crippen molar-refractivity contribution in [2.75, 3.05) is 18.5 Å². The molecule has 3 aromatic rings. The zero-order chi connectivity index (χ0) is 18.5. The van der Waals surface area contributed by atoms with Crippen molar-refractivity contribution in [3.8, 4) is 17.2 Å². The smallest absolute Gasteiger partial charge is 0.269 e. The predicted octanol–water partition coefficient (Wildman–Crippen LogP) is 2.74. The van der Waals surface area contributed by atoms with Crippen LogP contribution < -0.4 is 19.5 Å². The Morgan fingerprint density at radius 1 is 1.22 bits per heavy atom. The van der Waals surface area contributed by atoms with Gasteiger partial charge in [-0.15, -0.1) is 0 Å². The Hall–Kier alpha value is -3.48. The summed E-state index contributed by atoms with van der Waals surface area (Å²) in [4.78, 5) is 16.5. The van der Waals surface area contributed by atoms with Gasteiger partial charge in [-0.25, -0.2) is 4.98 Å². The largest absolute Gasteiger partial charge is 0.492 e. The van der Waals surface area contributed by atoms with Crippen LogP contribution in [0.2, 0.25) is 0 Å². The first-order chi connectivity index (χ1) is 13.3. The summed E-state index contributed by atoms with van der Waals surface area (Å²) in [6.45, 7) is 1.37. The molecule has 0 spiro atoms. The number of imidazole rings is 1. The molecular weight excluding hydrogens is 346 g/mol. The van der Waals surface area contributed by atoms with Crippen LogP contribution in [0.1, 0.15) is 0 Å². The maximum atomic E-state index is 12.5. The number of benzene rings is 2. The second-order valence-electron chi connectivity index (χ2n) is 6.03. The molecule has 0 bridgehead atoms. The molecule has 27 heavy (non-hydrogen) atoms. The number of anilines is 1. The Labute approximate surface area is 156 Å². The second kappa shape index (κ2) is 7.82. The molecule has 0 saturated carbocycles. The lowest BCUT2D eigenvalue weighted by Crippen LogP contribution is -2.40. The number of carbonyl (C=O) groups excluding carboxylic acids is 1. The van der Waals surface area contributed by atoms with Crippen LogP contribution in [0.3, 0.4) is 0 Å². The minimum absolute atomic E-state index is 0.171. The van der Waals surface area contributed by atoms with Crippen molar-refractivity contribution in [3.63, 3.8) is 0 Å². The molecular formula is C20H19N3O4. The van der Waals surface area contributed by atoms with Gasteiger partial charge in [0.2, 0.25) is 6.10 Å². The van der Waals surface area contributed by atoms with Crippen LogP contribution in [0.15, 0.2) is 67.3 Å². The molecule has 2 heterocycles. The minimum atomic E-state index is -0.703. The number of hydrogen-bond donors (Lipinski definition) is 1. The van der Waals surface area contributed by atoms with Crippen molar-refractivity contribution in [2.45, 2.75) is 12.6 Å². The van der Waals surface area contributed by atoms with Gasteiger partial charge in [0.15, 0.2) is 11.5 Å². The van der Waals surface area contributed by atoms with E-state index in [0.717, 1.165) is 0 Å². The monoisotopic (exact) mass is 365 g/mol. The number of nitrogens with zero attached hydrogens (tertiary/aromatic N) is 2. The fourth-order valence-corrected chi connectivity index (χ4v) is 2.72. The minimum Gasteiger partial charge on any atom is -0.492 e. The van der Waals surface area contributed by atoms with Crippen molar-refractivity contribution in [1.82, 2.24) is 9.55 Å². The highest BCUT2D eigenvalue weighted by molar-refractivity contribution is 5.94. The van der Waals surface area contributed by atoms with Gasteiger partial charge in [-0.2, -0.15) is 0 Å². The van der Waals surface area contributed by atoms with Crippen LogP contribution >= 0.6 is 0 Å². The van der Waals surface area contributed by atoms with E-state index in [1.165, 1.54) is 0 Å². The first kappa shape index (κ1) is 17.0. The number of para-hydroxylation sites is 2. The Morgan fingerprint density at radius 2 is 2.11 bits per heavy atom. The molecule has 4 rings (SSSR count). The van der Waals surface area contributed by atoms with Gasteiger partial charge in [0, 0.05) is 24.1 Å². The number of ether oxygens (including phenoxy) is 3. The van der Waals surface area contributed by atoms with Gasteiger partial charge in [0.25, 0.3) is 5.91 Å². The highest BCUT2D eigenvalue weighted by Gasteiger charge is 2.27. The standard InChI is InChI=1S/C20H19N3O4/c24-20(19-13-26-17-6-1-2-7-18(17)27-19)22-15-4-3-5-16(12-15)25-11-10-23-9-8-21-14-23/h1-9,12,14,19H,10-11,13H2,(H,22,24)/t19-/m0/s1. The van der Waals surface area contributed by atoms with E-state index in [0.29, 0.717) is 36.1 Å². The molecule has 0 aliphatic carbocycles. The molecule has 1 amide bonds. The molecule has 1 aliphatic rings. The summed E-state index contributed by atoms with van der Waals surface area (Å²) < 4.78 is 19.0. The molecule has 138 valence electrons. The van der Waals surface area contributed by atoms with Gasteiger partial charge in [-0.1, -0.05) is 18.2 Å². The summed E-state index contributed by atoms with van der Waals surface area (Å²) in [6, 6.07) is 14.6. The summed E-state index contributed by atoms with van der Waals surface area (Å²) in [6.07, 6.45) is 4.64. The van der Waals surface area contributed by atoms with E-state index in [9.17, 15) is 4.79 Å². The molecule has 0 unspecified atom stereocenters. The average molecular weight is 365 g/mol. The molecule has 0 fully saturated rings. The SMILES string of the molecule is O=C(Nc1cccc(OCCn2ccnc2)c1)[C@@H]1COc2ccccc2O1. The van der Waals surface area contributed by atoms with Crippen LogP contribution in [0.5, 0.6) is 17.2 Å². The van der Waals surface area contributed by atoms with Gasteiger partial charge in [-0.05, 0) is 24.3 Å². The topological polar surface area (TPSA) is 74.6 Å². The number of fused-ring (bicyclic) bond motifs is 1. The molecule has 2 aromatic carbocycles. The van der Waals surface area contributed by atoms with Crippen molar-refractivity contribution in [2.24, 2.45) is 0 Å². The van der Waals surface area contributed by atoms with E-state index in [4.69, 9.17) is 14.2 Å². The molecule has 0 radical (unpaired) electrons. The van der Waals surface area contributed by atoms with Crippen LogP contribution in [0.25, 0.3) is 0 Å². The number of nitrogens with one attached hydrogen (secondary N) is 1. The van der Waals surface area contributed by atoms with Gasteiger partial charge in [-0.3, -0.25) is 4.79 Å². The summed E-state index contributed by atoms with van der Waals surface area (Å²) in [7, 11) is 0. The number of aromatic nitrogens is 2. The highest BCUT2D eigenvalue weighted by atomic mass is 16.6. The van der Waals surface area contributed by atoms with Crippen molar-refractivity contribution in [3.05, 3.63) is 67.3 Å². The van der Waals surface area contributed by atoms with Gasteiger partial charge in [0.1, 0.15) is 19.0 Å². The van der Waals surface area contributed by atoms with E-state index in [1.54, 1.807) is 30.7 Å². The second-order valence-corrected chi connectivity index (χ2v) is 6.03. The summed E-state index contributed by atoms with van der Waals surface area (Å²) in [5.74, 6) is 1.63. The quantitative estimate of drug-likeness (QED) is 0.727. The number of carbonyl (C=O) groups is 1. The third-order valence-electron chi connectivity index (χ3n) is 4.08. The van der Waals surface area contributed by atoms with Crippen molar-refractivity contribution >= 4 is 11.6 Å². The van der Waals surface area contributed by atoms with E-state index in [1.807, 2.05) is 41.1 Å². The maximum Gasteiger partial charge on any atom is 0.269 e. The van der Waals surface area contributed by atoms with Gasteiger partial charge in [0.05, 0.1) is 12.9 Å². The third-order valence-corrected chi connectivity index (χ3v) is 4.08. The Bertz CT molecular complexity index is 911. The first-order valence-electron chi connectivity index (χ1n) is 8.66. The van der Waals surface area contributed by atoms with Crippen LogP contribution in [-0.2, 0) is 11.3 Å². The lowest BCUT2D eigenvalue weighted by molar-refractivity contribution is -0.125. The van der Waals surface area contributed by atoms with E-state index in [-0.39, 0.29) is 12.5 Å². The summed E-state index contributed by atoms with van der Waals surface area (Å²) in [5, 5.41) is 2.85. The lowest BCUT2D eigenvalue weighted by atomic mass is 10.2. The predicted molar refractivity (Wildman–Crippen MR) is 99.1 cm³/mol. The van der Waals surface area contributed by atoms with E-state index < -0.39 is 6.10 Å². The van der Waals surface area contributed by atoms with Crippen LogP contribution in [-0.4, -0.2) is 34.8 Å². The third kappa shape index (κ3) is 4.20. The summed E-state index contributed by atoms with van der Waals surface area (Å²) in [5.41, 5.74) is 0.641. The average Bonchev–Trinajstić information content (AvgIpc) is 3.21. The van der Waals surface area contributed by atoms with E-state index in [2.05, 4.69) is 10.3 Å². The van der Waals surface area contributed by atoms with Gasteiger partial charge < -0.3 is 24.1 Å². The molecule has 7 nitrogen and oxygen atoms in total. The van der Waals surface area contributed by atoms with Crippen LogP contribution in [0.4, 0.5) is 5.69 Å². The molecule has 1 atom stereocenters. The van der Waals surface area contributed by atoms with Gasteiger partial charge >= 0.3 is 0 Å².